The van der Waals surface area contributed by atoms with E-state index in [1.807, 2.05) is 0 Å². The van der Waals surface area contributed by atoms with E-state index in [0.717, 1.165) is 5.56 Å². The molecule has 0 bridgehead atoms. The average molecular weight is 512 g/mol. The van der Waals surface area contributed by atoms with Crippen LogP contribution in [-0.4, -0.2) is 77.6 Å². The maximum Gasteiger partial charge on any atom is 0.408 e. The highest BCUT2D eigenvalue weighted by atomic mass is 32.1. The van der Waals surface area contributed by atoms with Gasteiger partial charge in [-0.2, -0.15) is 12.6 Å². The number of alkyl carbamates (subject to hydrolysis) is 1. The maximum atomic E-state index is 13.5. The first-order valence-corrected chi connectivity index (χ1v) is 12.1. The Kier molecular flexibility index (Phi) is 12.6. The molecule has 3 N–H and O–H groups in total. The third-order valence-electron chi connectivity index (χ3n) is 4.77. The van der Waals surface area contributed by atoms with Gasteiger partial charge in [-0.1, -0.05) is 24.3 Å². The van der Waals surface area contributed by atoms with Crippen molar-refractivity contribution in [3.05, 3.63) is 35.4 Å². The van der Waals surface area contributed by atoms with E-state index >= 15 is 0 Å². The number of carbonyl (C=O) groups excluding carboxylic acids is 4. The quantitative estimate of drug-likeness (QED) is 0.248. The Morgan fingerprint density at radius 3 is 2.37 bits per heavy atom. The van der Waals surface area contributed by atoms with Gasteiger partial charge in [0.1, 0.15) is 17.7 Å². The van der Waals surface area contributed by atoms with Crippen molar-refractivity contribution in [2.75, 3.05) is 32.1 Å². The predicted molar refractivity (Wildman–Crippen MR) is 134 cm³/mol. The minimum atomic E-state index is -1.12. The van der Waals surface area contributed by atoms with Crippen molar-refractivity contribution < 1.29 is 33.8 Å². The van der Waals surface area contributed by atoms with Gasteiger partial charge in [0.15, 0.2) is 0 Å². The van der Waals surface area contributed by atoms with E-state index in [1.54, 1.807) is 58.9 Å². The molecular formula is C24H37N3O7S. The maximum absolute atomic E-state index is 13.5. The van der Waals surface area contributed by atoms with Gasteiger partial charge in [0.25, 0.3) is 0 Å². The largest absolute Gasteiger partial charge is 0.466 e. The van der Waals surface area contributed by atoms with E-state index < -0.39 is 48.2 Å². The number of aryl methyl sites for hydroxylation is 1. The summed E-state index contributed by atoms with van der Waals surface area (Å²) in [6.07, 6.45) is -0.840. The summed E-state index contributed by atoms with van der Waals surface area (Å²) in [5, 5.41) is 14.9. The summed E-state index contributed by atoms with van der Waals surface area (Å²) in [5.74, 6) is -1.68. The van der Waals surface area contributed by atoms with Gasteiger partial charge in [0.2, 0.25) is 11.8 Å². The number of aliphatic hydroxyl groups is 1. The van der Waals surface area contributed by atoms with Gasteiger partial charge in [-0.3, -0.25) is 14.4 Å². The molecule has 0 aromatic heterocycles. The molecule has 0 saturated carbocycles. The van der Waals surface area contributed by atoms with E-state index in [0.29, 0.717) is 5.56 Å². The fourth-order valence-corrected chi connectivity index (χ4v) is 3.52. The molecule has 1 aromatic carbocycles. The van der Waals surface area contributed by atoms with Crippen LogP contribution in [0.3, 0.4) is 0 Å². The Hall–Kier alpha value is -2.79. The number of rotatable bonds is 12. The number of hydrogen-bond acceptors (Lipinski definition) is 8. The molecule has 0 aliphatic rings. The molecule has 196 valence electrons. The van der Waals surface area contributed by atoms with Gasteiger partial charge in [-0.25, -0.2) is 4.79 Å². The van der Waals surface area contributed by atoms with Crippen LogP contribution in [0.5, 0.6) is 0 Å². The van der Waals surface area contributed by atoms with Crippen molar-refractivity contribution in [3.8, 4) is 0 Å². The molecule has 35 heavy (non-hydrogen) atoms. The topological polar surface area (TPSA) is 134 Å². The molecule has 10 nitrogen and oxygen atoms in total. The van der Waals surface area contributed by atoms with Crippen molar-refractivity contribution in [1.29, 1.82) is 0 Å². The first kappa shape index (κ1) is 30.2. The lowest BCUT2D eigenvalue weighted by Crippen LogP contribution is -2.54. The number of hydrogen-bond donors (Lipinski definition) is 4. The second-order valence-corrected chi connectivity index (χ2v) is 9.11. The molecule has 11 heteroatoms. The van der Waals surface area contributed by atoms with Crippen LogP contribution in [-0.2, 0) is 23.9 Å². The number of benzene rings is 1. The second-order valence-electron chi connectivity index (χ2n) is 8.74. The molecule has 0 fully saturated rings. The third kappa shape index (κ3) is 10.2. The summed E-state index contributed by atoms with van der Waals surface area (Å²) in [6.45, 7) is 8.20. The number of nitrogens with one attached hydrogen (secondary N) is 2. The molecule has 0 radical (unpaired) electrons. The Morgan fingerprint density at radius 1 is 1.17 bits per heavy atom. The molecule has 0 aliphatic carbocycles. The molecular weight excluding hydrogens is 474 g/mol. The number of esters is 1. The van der Waals surface area contributed by atoms with Crippen molar-refractivity contribution in [1.82, 2.24) is 15.5 Å². The number of ether oxygens (including phenoxy) is 2. The Balaban J connectivity index is 3.24. The zero-order valence-corrected chi connectivity index (χ0v) is 21.9. The molecule has 0 heterocycles. The predicted octanol–water partition coefficient (Wildman–Crippen LogP) is 1.75. The summed E-state index contributed by atoms with van der Waals surface area (Å²) in [7, 11) is 0. The standard InChI is InChI=1S/C24H37N3O7S/c1-6-33-19(29)11-12-25-21(30)20(17-10-8-7-9-16(17)2)27(13-14-28)22(31)18(15-35)26-23(32)34-24(3,4)5/h7-10,18,20,28,35H,6,11-15H2,1-5H3,(H,25,30)(H,26,32). The first-order chi connectivity index (χ1) is 16.4. The number of nitrogens with zero attached hydrogens (tertiary/aromatic N) is 1. The third-order valence-corrected chi connectivity index (χ3v) is 5.14. The van der Waals surface area contributed by atoms with Crippen LogP contribution in [0.1, 0.15) is 51.3 Å². The van der Waals surface area contributed by atoms with Crippen LogP contribution in [0.15, 0.2) is 24.3 Å². The first-order valence-electron chi connectivity index (χ1n) is 11.5. The number of amides is 3. The van der Waals surface area contributed by atoms with Gasteiger partial charge < -0.3 is 30.1 Å². The van der Waals surface area contributed by atoms with Gasteiger partial charge in [0, 0.05) is 18.8 Å². The number of carbonyl (C=O) groups is 4. The monoisotopic (exact) mass is 511 g/mol. The van der Waals surface area contributed by atoms with Crippen LogP contribution in [0, 0.1) is 6.92 Å². The molecule has 1 rings (SSSR count). The van der Waals surface area contributed by atoms with Crippen molar-refractivity contribution in [3.63, 3.8) is 0 Å². The van der Waals surface area contributed by atoms with Crippen LogP contribution >= 0.6 is 12.6 Å². The normalized spacial score (nSPS) is 12.8. The summed E-state index contributed by atoms with van der Waals surface area (Å²) < 4.78 is 10.1. The molecule has 1 aromatic rings. The van der Waals surface area contributed by atoms with Crippen molar-refractivity contribution >= 4 is 36.5 Å². The van der Waals surface area contributed by atoms with Crippen LogP contribution in [0.4, 0.5) is 4.79 Å². The van der Waals surface area contributed by atoms with E-state index in [1.165, 1.54) is 4.90 Å². The highest BCUT2D eigenvalue weighted by Gasteiger charge is 2.36. The number of aliphatic hydroxyl groups excluding tert-OH is 1. The molecule has 2 atom stereocenters. The van der Waals surface area contributed by atoms with E-state index in [2.05, 4.69) is 23.3 Å². The average Bonchev–Trinajstić information content (AvgIpc) is 2.76. The number of thiol groups is 1. The van der Waals surface area contributed by atoms with Crippen LogP contribution in [0.25, 0.3) is 0 Å². The Bertz CT molecular complexity index is 873. The van der Waals surface area contributed by atoms with Crippen LogP contribution < -0.4 is 10.6 Å². The van der Waals surface area contributed by atoms with Gasteiger partial charge in [-0.15, -0.1) is 0 Å². The summed E-state index contributed by atoms with van der Waals surface area (Å²) >= 11 is 4.20. The van der Waals surface area contributed by atoms with E-state index in [9.17, 15) is 24.3 Å². The minimum absolute atomic E-state index is 0.00730. The highest BCUT2D eigenvalue weighted by molar-refractivity contribution is 7.80. The van der Waals surface area contributed by atoms with Gasteiger partial charge in [-0.05, 0) is 45.7 Å². The molecule has 0 aliphatic heterocycles. The lowest BCUT2D eigenvalue weighted by molar-refractivity contribution is -0.144. The SMILES string of the molecule is CCOC(=O)CCNC(=O)C(c1ccccc1C)N(CCO)C(=O)C(CS)NC(=O)OC(C)(C)C. The summed E-state index contributed by atoms with van der Waals surface area (Å²) in [4.78, 5) is 52.0. The highest BCUT2D eigenvalue weighted by Crippen LogP contribution is 2.25. The molecule has 0 saturated heterocycles. The van der Waals surface area contributed by atoms with E-state index in [-0.39, 0.29) is 31.9 Å². The lowest BCUT2D eigenvalue weighted by Gasteiger charge is -2.34. The minimum Gasteiger partial charge on any atom is -0.466 e. The lowest BCUT2D eigenvalue weighted by atomic mass is 9.98. The Labute approximate surface area is 212 Å². The zero-order chi connectivity index (χ0) is 26.6. The van der Waals surface area contributed by atoms with Gasteiger partial charge >= 0.3 is 12.1 Å². The van der Waals surface area contributed by atoms with Crippen molar-refractivity contribution in [2.45, 2.75) is 58.7 Å². The van der Waals surface area contributed by atoms with Crippen LogP contribution in [0.2, 0.25) is 0 Å². The second kappa shape index (κ2) is 14.6. The molecule has 3 amide bonds. The zero-order valence-electron chi connectivity index (χ0n) is 21.0. The van der Waals surface area contributed by atoms with E-state index in [4.69, 9.17) is 9.47 Å². The summed E-state index contributed by atoms with van der Waals surface area (Å²) in [5.41, 5.74) is 0.510. The fraction of sp³-hybridized carbons (Fsp3) is 0.583. The Morgan fingerprint density at radius 2 is 1.83 bits per heavy atom. The smallest absolute Gasteiger partial charge is 0.408 e. The molecule has 0 spiro atoms. The molecule has 2 unspecified atom stereocenters. The van der Waals surface area contributed by atoms with Crippen molar-refractivity contribution in [2.24, 2.45) is 0 Å². The fourth-order valence-electron chi connectivity index (χ4n) is 3.27. The summed E-state index contributed by atoms with van der Waals surface area (Å²) in [6, 6.07) is 4.80. The van der Waals surface area contributed by atoms with Gasteiger partial charge in [0.05, 0.1) is 19.6 Å².